The molecule has 1 amide bonds. The molecular weight excluding hydrogens is 275 g/mol. The number of nitrogens with zero attached hydrogens (tertiary/aromatic N) is 2. The Labute approximate surface area is 114 Å². The minimum absolute atomic E-state index is 0.0356. The van der Waals surface area contributed by atoms with E-state index in [1.54, 1.807) is 11.8 Å². The number of carbonyl (C=O) groups excluding carboxylic acids is 1. The van der Waals surface area contributed by atoms with Crippen molar-refractivity contribution in [3.63, 3.8) is 0 Å². The third-order valence-corrected chi connectivity index (χ3v) is 3.96. The molecule has 1 heterocycles. The Bertz CT molecular complexity index is 517. The van der Waals surface area contributed by atoms with Crippen molar-refractivity contribution >= 4 is 29.3 Å². The number of amides is 1. The highest BCUT2D eigenvalue weighted by Gasteiger charge is 2.29. The molecule has 0 saturated carbocycles. The molecule has 1 saturated heterocycles. The first kappa shape index (κ1) is 13.2. The van der Waals surface area contributed by atoms with E-state index in [1.807, 2.05) is 0 Å². The van der Waals surface area contributed by atoms with Crippen molar-refractivity contribution in [2.24, 2.45) is 0 Å². The number of hydrogen-bond donors (Lipinski definition) is 0. The molecule has 0 N–H and O–H groups in total. The van der Waals surface area contributed by atoms with Gasteiger partial charge in [0.1, 0.15) is 11.9 Å². The van der Waals surface area contributed by atoms with E-state index < -0.39 is 17.8 Å². The van der Waals surface area contributed by atoms with Gasteiger partial charge in [-0.05, 0) is 18.2 Å². The molecule has 6 heteroatoms. The predicted molar refractivity (Wildman–Crippen MR) is 69.2 cm³/mol. The minimum atomic E-state index is -0.651. The largest absolute Gasteiger partial charge is 0.321 e. The fraction of sp³-hybridized carbons (Fsp3) is 0.333. The van der Waals surface area contributed by atoms with Crippen LogP contribution in [-0.2, 0) is 0 Å². The van der Waals surface area contributed by atoms with Crippen LogP contribution in [0.5, 0.6) is 0 Å². The van der Waals surface area contributed by atoms with Gasteiger partial charge in [-0.2, -0.15) is 17.0 Å². The normalized spacial score (nSPS) is 19.4. The molecule has 0 bridgehead atoms. The van der Waals surface area contributed by atoms with Gasteiger partial charge in [0.05, 0.1) is 11.6 Å². The molecule has 1 atom stereocenters. The lowest BCUT2D eigenvalue weighted by molar-refractivity contribution is 0.0733. The Morgan fingerprint density at radius 1 is 1.61 bits per heavy atom. The zero-order chi connectivity index (χ0) is 13.1. The number of carbonyl (C=O) groups is 1. The molecule has 0 radical (unpaired) electrons. The maximum absolute atomic E-state index is 13.7. The number of hydrogen-bond acceptors (Lipinski definition) is 3. The summed E-state index contributed by atoms with van der Waals surface area (Å²) < 4.78 is 13.7. The van der Waals surface area contributed by atoms with Gasteiger partial charge in [0, 0.05) is 23.1 Å². The average molecular weight is 285 g/mol. The maximum atomic E-state index is 13.7. The smallest absolute Gasteiger partial charge is 0.257 e. The van der Waals surface area contributed by atoms with Gasteiger partial charge in [-0.15, -0.1) is 0 Å². The minimum Gasteiger partial charge on any atom is -0.321 e. The van der Waals surface area contributed by atoms with Crippen LogP contribution in [-0.4, -0.2) is 34.9 Å². The van der Waals surface area contributed by atoms with Gasteiger partial charge in [-0.25, -0.2) is 4.39 Å². The van der Waals surface area contributed by atoms with Crippen LogP contribution in [0, 0.1) is 17.1 Å². The van der Waals surface area contributed by atoms with Gasteiger partial charge in [0.2, 0.25) is 0 Å². The summed E-state index contributed by atoms with van der Waals surface area (Å²) in [6.07, 6.45) is 0. The van der Waals surface area contributed by atoms with Gasteiger partial charge in [-0.1, -0.05) is 11.6 Å². The summed E-state index contributed by atoms with van der Waals surface area (Å²) in [5.41, 5.74) is -0.0356. The predicted octanol–water partition coefficient (Wildman–Crippen LogP) is 2.56. The molecule has 3 nitrogen and oxygen atoms in total. The highest BCUT2D eigenvalue weighted by atomic mass is 35.5. The van der Waals surface area contributed by atoms with E-state index >= 15 is 0 Å². The van der Waals surface area contributed by atoms with Crippen molar-refractivity contribution in [3.8, 4) is 6.07 Å². The topological polar surface area (TPSA) is 44.1 Å². The van der Waals surface area contributed by atoms with Crippen molar-refractivity contribution in [2.45, 2.75) is 6.04 Å². The summed E-state index contributed by atoms with van der Waals surface area (Å²) >= 11 is 7.26. The second kappa shape index (κ2) is 5.59. The molecule has 1 aromatic rings. The second-order valence-electron chi connectivity index (χ2n) is 3.84. The molecule has 0 aliphatic carbocycles. The number of benzene rings is 1. The second-order valence-corrected chi connectivity index (χ2v) is 5.43. The van der Waals surface area contributed by atoms with Gasteiger partial charge >= 0.3 is 0 Å². The van der Waals surface area contributed by atoms with Crippen LogP contribution in [0.15, 0.2) is 18.2 Å². The molecular formula is C12H10ClFN2OS. The third kappa shape index (κ3) is 2.60. The van der Waals surface area contributed by atoms with Gasteiger partial charge in [0.25, 0.3) is 5.91 Å². The van der Waals surface area contributed by atoms with E-state index in [1.165, 1.54) is 17.0 Å². The average Bonchev–Trinajstić information content (AvgIpc) is 2.38. The Hall–Kier alpha value is -1.25. The third-order valence-electron chi connectivity index (χ3n) is 2.70. The Balaban J connectivity index is 2.27. The summed E-state index contributed by atoms with van der Waals surface area (Å²) in [4.78, 5) is 13.6. The maximum Gasteiger partial charge on any atom is 0.257 e. The summed E-state index contributed by atoms with van der Waals surface area (Å²) in [5, 5.41) is 9.24. The number of nitriles is 1. The van der Waals surface area contributed by atoms with E-state index in [0.29, 0.717) is 12.3 Å². The first-order chi connectivity index (χ1) is 8.63. The number of thioether (sulfide) groups is 1. The van der Waals surface area contributed by atoms with Crippen LogP contribution in [0.4, 0.5) is 4.39 Å². The molecule has 0 aromatic heterocycles. The molecule has 1 fully saturated rings. The van der Waals surface area contributed by atoms with E-state index in [4.69, 9.17) is 16.9 Å². The monoisotopic (exact) mass is 284 g/mol. The lowest BCUT2D eigenvalue weighted by Crippen LogP contribution is -2.45. The zero-order valence-electron chi connectivity index (χ0n) is 9.40. The Kier molecular flexibility index (Phi) is 4.10. The van der Waals surface area contributed by atoms with Crippen LogP contribution in [0.25, 0.3) is 0 Å². The van der Waals surface area contributed by atoms with Crippen molar-refractivity contribution in [1.82, 2.24) is 4.90 Å². The fourth-order valence-corrected chi connectivity index (χ4v) is 2.90. The van der Waals surface area contributed by atoms with Gasteiger partial charge < -0.3 is 4.90 Å². The first-order valence-corrected chi connectivity index (χ1v) is 6.90. The summed E-state index contributed by atoms with van der Waals surface area (Å²) in [7, 11) is 0. The summed E-state index contributed by atoms with van der Waals surface area (Å²) in [6, 6.07) is 5.51. The first-order valence-electron chi connectivity index (χ1n) is 5.37. The van der Waals surface area contributed by atoms with Crippen molar-refractivity contribution in [3.05, 3.63) is 34.6 Å². The Morgan fingerprint density at radius 2 is 2.39 bits per heavy atom. The molecule has 2 rings (SSSR count). The summed E-state index contributed by atoms with van der Waals surface area (Å²) in [5.74, 6) is 0.231. The van der Waals surface area contributed by atoms with Crippen molar-refractivity contribution in [1.29, 1.82) is 5.26 Å². The van der Waals surface area contributed by atoms with Gasteiger partial charge in [-0.3, -0.25) is 4.79 Å². The van der Waals surface area contributed by atoms with Crippen molar-refractivity contribution < 1.29 is 9.18 Å². The number of rotatable bonds is 1. The molecule has 0 spiro atoms. The van der Waals surface area contributed by atoms with E-state index in [0.717, 1.165) is 11.8 Å². The van der Waals surface area contributed by atoms with Crippen LogP contribution < -0.4 is 0 Å². The molecule has 94 valence electrons. The highest BCUT2D eigenvalue weighted by Crippen LogP contribution is 2.21. The van der Waals surface area contributed by atoms with Crippen LogP contribution >= 0.6 is 23.4 Å². The van der Waals surface area contributed by atoms with Gasteiger partial charge in [0.15, 0.2) is 0 Å². The lowest BCUT2D eigenvalue weighted by Gasteiger charge is -2.31. The lowest BCUT2D eigenvalue weighted by atomic mass is 10.1. The van der Waals surface area contributed by atoms with Crippen LogP contribution in [0.3, 0.4) is 0 Å². The molecule has 1 aliphatic rings. The standard InChI is InChI=1S/C12H10ClFN2OS/c13-8-1-2-10(11(14)5-8)12(17)16-3-4-18-7-9(16)6-15/h1-2,5,9H,3-4,7H2/t9-/m1/s1. The molecule has 1 aromatic carbocycles. The van der Waals surface area contributed by atoms with E-state index in [9.17, 15) is 9.18 Å². The van der Waals surface area contributed by atoms with Crippen LogP contribution in [0.2, 0.25) is 5.02 Å². The molecule has 1 aliphatic heterocycles. The van der Waals surface area contributed by atoms with E-state index in [-0.39, 0.29) is 10.6 Å². The number of halogens is 2. The van der Waals surface area contributed by atoms with E-state index in [2.05, 4.69) is 6.07 Å². The molecule has 18 heavy (non-hydrogen) atoms. The zero-order valence-corrected chi connectivity index (χ0v) is 11.0. The fourth-order valence-electron chi connectivity index (χ4n) is 1.77. The SMILES string of the molecule is N#C[C@@H]1CSCCN1C(=O)c1ccc(Cl)cc1F. The highest BCUT2D eigenvalue weighted by molar-refractivity contribution is 7.99. The van der Waals surface area contributed by atoms with Crippen molar-refractivity contribution in [2.75, 3.05) is 18.1 Å². The molecule has 0 unspecified atom stereocenters. The Morgan fingerprint density at radius 3 is 3.06 bits per heavy atom. The van der Waals surface area contributed by atoms with Crippen LogP contribution in [0.1, 0.15) is 10.4 Å². The quantitative estimate of drug-likeness (QED) is 0.796. The summed E-state index contributed by atoms with van der Waals surface area (Å²) in [6.45, 7) is 0.462.